The molecule has 10 heavy (non-hydrogen) atoms. The molecule has 0 aliphatic carbocycles. The predicted octanol–water partition coefficient (Wildman–Crippen LogP) is -0.105. The number of nitrogens with two attached hydrogens (primary N) is 2. The summed E-state index contributed by atoms with van der Waals surface area (Å²) in [6.07, 6.45) is 0.0370. The molecule has 5 N–H and O–H groups in total. The highest BCUT2D eigenvalue weighted by molar-refractivity contribution is 5.73. The molecule has 60 valence electrons. The van der Waals surface area contributed by atoms with Crippen molar-refractivity contribution in [3.8, 4) is 0 Å². The molecule has 0 saturated heterocycles. The van der Waals surface area contributed by atoms with Crippen LogP contribution in [0.15, 0.2) is 0 Å². The SMILES string of the molecule is CCCC(N)=O.NC(=O)O. The maximum atomic E-state index is 9.82. The van der Waals surface area contributed by atoms with E-state index in [1.54, 1.807) is 0 Å². The highest BCUT2D eigenvalue weighted by Crippen LogP contribution is 1.79. The largest absolute Gasteiger partial charge is 0.465 e. The van der Waals surface area contributed by atoms with Crippen molar-refractivity contribution in [3.05, 3.63) is 0 Å². The molecule has 0 aromatic carbocycles. The van der Waals surface area contributed by atoms with E-state index >= 15 is 0 Å². The van der Waals surface area contributed by atoms with Crippen molar-refractivity contribution in [1.29, 1.82) is 0 Å². The number of carbonyl (C=O) groups is 2. The van der Waals surface area contributed by atoms with Crippen molar-refractivity contribution in [3.63, 3.8) is 0 Å². The van der Waals surface area contributed by atoms with Crippen molar-refractivity contribution in [2.75, 3.05) is 0 Å². The Hall–Kier alpha value is -1.26. The summed E-state index contributed by atoms with van der Waals surface area (Å²) >= 11 is 0. The Morgan fingerprint density at radius 3 is 1.70 bits per heavy atom. The normalized spacial score (nSPS) is 7.30. The standard InChI is InChI=1S/C4H9NO.CH3NO2/c1-2-3-4(5)6;2-1(3)4/h2-3H2,1H3,(H2,5,6);2H2,(H,3,4). The fraction of sp³-hybridized carbons (Fsp3) is 0.600. The molecular weight excluding hydrogens is 136 g/mol. The second-order valence-corrected chi connectivity index (χ2v) is 1.55. The zero-order valence-electron chi connectivity index (χ0n) is 5.83. The first kappa shape index (κ1) is 11.5. The summed E-state index contributed by atoms with van der Waals surface area (Å²) in [5, 5.41) is 7.19. The third-order valence-corrected chi connectivity index (χ3v) is 0.496. The molecule has 0 rings (SSSR count). The molecule has 2 amide bonds. The van der Waals surface area contributed by atoms with Gasteiger partial charge in [-0.05, 0) is 6.42 Å². The van der Waals surface area contributed by atoms with Gasteiger partial charge in [0, 0.05) is 6.42 Å². The molecule has 0 aliphatic heterocycles. The lowest BCUT2D eigenvalue weighted by molar-refractivity contribution is -0.118. The average molecular weight is 148 g/mol. The van der Waals surface area contributed by atoms with E-state index in [1.807, 2.05) is 6.92 Å². The van der Waals surface area contributed by atoms with Gasteiger partial charge in [0.1, 0.15) is 0 Å². The van der Waals surface area contributed by atoms with Crippen LogP contribution in [0.3, 0.4) is 0 Å². The fourth-order valence-corrected chi connectivity index (χ4v) is 0.246. The van der Waals surface area contributed by atoms with Crippen LogP contribution in [-0.2, 0) is 4.79 Å². The van der Waals surface area contributed by atoms with E-state index in [1.165, 1.54) is 0 Å². The van der Waals surface area contributed by atoms with Crippen LogP contribution in [0.25, 0.3) is 0 Å². The van der Waals surface area contributed by atoms with E-state index in [0.717, 1.165) is 6.42 Å². The van der Waals surface area contributed by atoms with Crippen molar-refractivity contribution in [1.82, 2.24) is 0 Å². The van der Waals surface area contributed by atoms with Gasteiger partial charge in [-0.1, -0.05) is 6.92 Å². The van der Waals surface area contributed by atoms with Crippen LogP contribution in [0.2, 0.25) is 0 Å². The zero-order valence-corrected chi connectivity index (χ0v) is 5.83. The summed E-state index contributed by atoms with van der Waals surface area (Å²) in [6.45, 7) is 1.92. The summed E-state index contributed by atoms with van der Waals surface area (Å²) in [5.41, 5.74) is 8.79. The molecule has 0 radical (unpaired) electrons. The molecule has 0 aromatic rings. The van der Waals surface area contributed by atoms with Crippen molar-refractivity contribution in [2.24, 2.45) is 11.5 Å². The summed E-state index contributed by atoms with van der Waals surface area (Å²) in [5.74, 6) is -0.211. The van der Waals surface area contributed by atoms with Gasteiger partial charge in [0.05, 0.1) is 0 Å². The Balaban J connectivity index is 0. The highest BCUT2D eigenvalue weighted by Gasteiger charge is 1.84. The maximum absolute atomic E-state index is 9.82. The van der Waals surface area contributed by atoms with Crippen molar-refractivity contribution < 1.29 is 14.7 Å². The number of rotatable bonds is 2. The van der Waals surface area contributed by atoms with Crippen LogP contribution >= 0.6 is 0 Å². The lowest BCUT2D eigenvalue weighted by atomic mass is 10.3. The van der Waals surface area contributed by atoms with Crippen LogP contribution < -0.4 is 11.5 Å². The zero-order chi connectivity index (χ0) is 8.57. The summed E-state index contributed by atoms with van der Waals surface area (Å²) in [7, 11) is 0. The molecule has 0 heterocycles. The van der Waals surface area contributed by atoms with E-state index in [0.29, 0.717) is 6.42 Å². The van der Waals surface area contributed by atoms with Gasteiger partial charge in [0.2, 0.25) is 5.91 Å². The Labute approximate surface area is 59.0 Å². The minimum absolute atomic E-state index is 0.211. The smallest absolute Gasteiger partial charge is 0.402 e. The number of carboxylic acid groups (broad SMARTS) is 1. The predicted molar refractivity (Wildman–Crippen MR) is 36.3 cm³/mol. The highest BCUT2D eigenvalue weighted by atomic mass is 16.4. The first-order valence-corrected chi connectivity index (χ1v) is 2.77. The van der Waals surface area contributed by atoms with Gasteiger partial charge in [-0.25, -0.2) is 4.79 Å². The van der Waals surface area contributed by atoms with Crippen LogP contribution in [-0.4, -0.2) is 17.1 Å². The topological polar surface area (TPSA) is 106 Å². The third kappa shape index (κ3) is 73.3. The molecule has 0 aliphatic rings. The fourth-order valence-electron chi connectivity index (χ4n) is 0.246. The Kier molecular flexibility index (Phi) is 8.92. The van der Waals surface area contributed by atoms with Gasteiger partial charge in [0.25, 0.3) is 0 Å². The molecule has 0 saturated carbocycles. The Morgan fingerprint density at radius 2 is 1.70 bits per heavy atom. The summed E-state index contributed by atoms with van der Waals surface area (Å²) < 4.78 is 0. The second kappa shape index (κ2) is 7.74. The molecule has 5 heteroatoms. The lowest BCUT2D eigenvalue weighted by Gasteiger charge is -1.81. The van der Waals surface area contributed by atoms with Crippen molar-refractivity contribution in [2.45, 2.75) is 19.8 Å². The lowest BCUT2D eigenvalue weighted by Crippen LogP contribution is -2.08. The minimum Gasteiger partial charge on any atom is -0.465 e. The first-order valence-electron chi connectivity index (χ1n) is 2.77. The summed E-state index contributed by atoms with van der Waals surface area (Å²) in [6, 6.07) is 0. The molecule has 5 nitrogen and oxygen atoms in total. The van der Waals surface area contributed by atoms with Crippen LogP contribution in [0, 0.1) is 0 Å². The van der Waals surface area contributed by atoms with Crippen LogP contribution in [0.4, 0.5) is 4.79 Å². The number of hydrogen-bond donors (Lipinski definition) is 3. The Morgan fingerprint density at radius 1 is 1.40 bits per heavy atom. The summed E-state index contributed by atoms with van der Waals surface area (Å²) in [4.78, 5) is 18.6. The van der Waals surface area contributed by atoms with Gasteiger partial charge < -0.3 is 16.6 Å². The third-order valence-electron chi connectivity index (χ3n) is 0.496. The minimum atomic E-state index is -1.33. The average Bonchev–Trinajstić information content (AvgIpc) is 1.62. The maximum Gasteiger partial charge on any atom is 0.402 e. The van der Waals surface area contributed by atoms with Gasteiger partial charge in [0.15, 0.2) is 0 Å². The molecule has 0 aromatic heterocycles. The van der Waals surface area contributed by atoms with Crippen molar-refractivity contribution >= 4 is 12.0 Å². The van der Waals surface area contributed by atoms with Gasteiger partial charge in [-0.3, -0.25) is 4.79 Å². The molecule has 0 spiro atoms. The number of hydrogen-bond acceptors (Lipinski definition) is 2. The quantitative estimate of drug-likeness (QED) is 0.508. The first-order chi connectivity index (χ1) is 4.50. The number of carbonyl (C=O) groups excluding carboxylic acids is 1. The number of amides is 2. The molecular formula is C5H12N2O3. The van der Waals surface area contributed by atoms with Gasteiger partial charge in [-0.15, -0.1) is 0 Å². The molecule has 0 unspecified atom stereocenters. The van der Waals surface area contributed by atoms with E-state index in [2.05, 4.69) is 5.73 Å². The second-order valence-electron chi connectivity index (χ2n) is 1.55. The van der Waals surface area contributed by atoms with Crippen LogP contribution in [0.1, 0.15) is 19.8 Å². The molecule has 0 fully saturated rings. The monoisotopic (exact) mass is 148 g/mol. The Bertz CT molecular complexity index is 109. The van der Waals surface area contributed by atoms with E-state index in [-0.39, 0.29) is 5.91 Å². The van der Waals surface area contributed by atoms with E-state index < -0.39 is 6.09 Å². The molecule has 0 atom stereocenters. The molecule has 0 bridgehead atoms. The number of primary amides is 2. The van der Waals surface area contributed by atoms with E-state index in [9.17, 15) is 4.79 Å². The van der Waals surface area contributed by atoms with Crippen LogP contribution in [0.5, 0.6) is 0 Å². The van der Waals surface area contributed by atoms with E-state index in [4.69, 9.17) is 15.6 Å². The van der Waals surface area contributed by atoms with Gasteiger partial charge >= 0.3 is 6.09 Å². The van der Waals surface area contributed by atoms with Gasteiger partial charge in [-0.2, -0.15) is 0 Å².